The summed E-state index contributed by atoms with van der Waals surface area (Å²) in [4.78, 5) is 39.2. The van der Waals surface area contributed by atoms with E-state index in [9.17, 15) is 9.59 Å². The van der Waals surface area contributed by atoms with Crippen LogP contribution in [-0.4, -0.2) is 40.8 Å². The third-order valence-corrected chi connectivity index (χ3v) is 8.99. The number of aryl methyl sites for hydroxylation is 2. The zero-order valence-corrected chi connectivity index (χ0v) is 25.1. The molecule has 10 nitrogen and oxygen atoms in total. The van der Waals surface area contributed by atoms with E-state index in [-0.39, 0.29) is 23.9 Å². The van der Waals surface area contributed by atoms with E-state index in [0.29, 0.717) is 23.8 Å². The smallest absolute Gasteiger partial charge is 0.259 e. The summed E-state index contributed by atoms with van der Waals surface area (Å²) in [5, 5.41) is 8.96. The number of imidazole rings is 1. The van der Waals surface area contributed by atoms with Gasteiger partial charge in [-0.15, -0.1) is 0 Å². The fourth-order valence-corrected chi connectivity index (χ4v) is 6.86. The number of nitrogens with zero attached hydrogens (tertiary/aromatic N) is 6. The van der Waals surface area contributed by atoms with Crippen LogP contribution in [0.25, 0.3) is 16.9 Å². The molecular formula is C34H36N8O2. The molecule has 0 radical (unpaired) electrons. The first kappa shape index (κ1) is 27.9. The second kappa shape index (κ2) is 11.7. The maximum atomic E-state index is 14.5. The Hall–Kier alpha value is -4.86. The molecule has 0 unspecified atom stereocenters. The molecule has 5 aromatic rings. The van der Waals surface area contributed by atoms with Gasteiger partial charge in [0.2, 0.25) is 11.7 Å². The molecule has 0 atom stereocenters. The molecule has 4 heterocycles. The first-order valence-electron chi connectivity index (χ1n) is 15.5. The average Bonchev–Trinajstić information content (AvgIpc) is 3.81. The van der Waals surface area contributed by atoms with Gasteiger partial charge in [0.15, 0.2) is 0 Å². The predicted octanol–water partition coefficient (Wildman–Crippen LogP) is 5.26. The lowest BCUT2D eigenvalue weighted by molar-refractivity contribution is -0.119. The van der Waals surface area contributed by atoms with E-state index in [0.717, 1.165) is 83.6 Å². The molecule has 0 spiro atoms. The minimum Gasteiger partial charge on any atom is -0.346 e. The molecule has 224 valence electrons. The van der Waals surface area contributed by atoms with Crippen molar-refractivity contribution in [2.45, 2.75) is 77.2 Å². The molecule has 0 bridgehead atoms. The van der Waals surface area contributed by atoms with Crippen LogP contribution in [0.3, 0.4) is 0 Å². The predicted molar refractivity (Wildman–Crippen MR) is 169 cm³/mol. The minimum absolute atomic E-state index is 0.00924. The van der Waals surface area contributed by atoms with E-state index in [1.54, 1.807) is 6.33 Å². The molecule has 1 fully saturated rings. The van der Waals surface area contributed by atoms with Gasteiger partial charge in [-0.25, -0.2) is 14.9 Å². The van der Waals surface area contributed by atoms with Crippen LogP contribution in [-0.2, 0) is 17.6 Å². The number of hydrazone groups is 1. The number of hydrogen-bond acceptors (Lipinski definition) is 6. The first-order valence-corrected chi connectivity index (χ1v) is 15.5. The highest BCUT2D eigenvalue weighted by molar-refractivity contribution is 6.16. The molecule has 1 amide bonds. The SMILES string of the molecule is CCCc1c(Cc2ccc(-c3ccccc3)c(C3=NNC(=O)C3)c2)c(=O)n(C2CCC(c3ncc(C)[nH]3)CC2)c2ncnn12. The maximum Gasteiger partial charge on any atom is 0.259 e. The molecule has 1 aliphatic heterocycles. The quantitative estimate of drug-likeness (QED) is 0.256. The Balaban J connectivity index is 1.28. The van der Waals surface area contributed by atoms with Crippen molar-refractivity contribution >= 4 is 17.4 Å². The molecule has 2 aliphatic rings. The summed E-state index contributed by atoms with van der Waals surface area (Å²) in [6, 6.07) is 16.4. The highest BCUT2D eigenvalue weighted by Crippen LogP contribution is 2.37. The van der Waals surface area contributed by atoms with E-state index in [1.165, 1.54) is 0 Å². The first-order chi connectivity index (χ1) is 21.5. The van der Waals surface area contributed by atoms with Gasteiger partial charge in [0.1, 0.15) is 12.2 Å². The van der Waals surface area contributed by atoms with Gasteiger partial charge in [-0.1, -0.05) is 55.8 Å². The van der Waals surface area contributed by atoms with Gasteiger partial charge in [0, 0.05) is 41.4 Å². The van der Waals surface area contributed by atoms with Gasteiger partial charge < -0.3 is 4.98 Å². The molecule has 1 aliphatic carbocycles. The normalized spacial score (nSPS) is 18.5. The van der Waals surface area contributed by atoms with E-state index in [4.69, 9.17) is 0 Å². The summed E-state index contributed by atoms with van der Waals surface area (Å²) < 4.78 is 3.78. The minimum atomic E-state index is -0.119. The van der Waals surface area contributed by atoms with Crippen molar-refractivity contribution in [3.8, 4) is 11.1 Å². The molecule has 2 aromatic carbocycles. The van der Waals surface area contributed by atoms with Crippen LogP contribution in [0.4, 0.5) is 0 Å². The van der Waals surface area contributed by atoms with Gasteiger partial charge >= 0.3 is 0 Å². The number of benzene rings is 2. The van der Waals surface area contributed by atoms with E-state index in [1.807, 2.05) is 40.4 Å². The van der Waals surface area contributed by atoms with E-state index >= 15 is 0 Å². The van der Waals surface area contributed by atoms with Crippen LogP contribution in [0, 0.1) is 6.92 Å². The van der Waals surface area contributed by atoms with E-state index < -0.39 is 0 Å². The fraction of sp³-hybridized carbons (Fsp3) is 0.353. The highest BCUT2D eigenvalue weighted by atomic mass is 16.2. The molecule has 10 heteroatoms. The van der Waals surface area contributed by atoms with Crippen LogP contribution in [0.2, 0.25) is 0 Å². The molecular weight excluding hydrogens is 552 g/mol. The lowest BCUT2D eigenvalue weighted by atomic mass is 9.85. The summed E-state index contributed by atoms with van der Waals surface area (Å²) in [6.07, 6.45) is 9.36. The van der Waals surface area contributed by atoms with Crippen LogP contribution in [0.1, 0.15) is 91.3 Å². The number of H-pyrrole nitrogens is 1. The van der Waals surface area contributed by atoms with Gasteiger partial charge in [-0.3, -0.25) is 14.2 Å². The summed E-state index contributed by atoms with van der Waals surface area (Å²) in [5.74, 6) is 1.90. The third-order valence-electron chi connectivity index (χ3n) is 8.99. The van der Waals surface area contributed by atoms with Gasteiger partial charge in [0.25, 0.3) is 5.56 Å². The maximum absolute atomic E-state index is 14.5. The number of rotatable bonds is 8. The van der Waals surface area contributed by atoms with E-state index in [2.05, 4.69) is 67.8 Å². The summed E-state index contributed by atoms with van der Waals surface area (Å²) in [7, 11) is 0. The molecule has 1 saturated carbocycles. The van der Waals surface area contributed by atoms with Crippen LogP contribution in [0.5, 0.6) is 0 Å². The summed E-state index contributed by atoms with van der Waals surface area (Å²) in [6.45, 7) is 4.14. The lowest BCUT2D eigenvalue weighted by Gasteiger charge is -2.29. The third kappa shape index (κ3) is 5.14. The molecule has 7 rings (SSSR count). The standard InChI is InChI=1S/C34H36N8O2/c1-3-7-30-28(17-22-10-15-26(23-8-5-4-6-9-23)27(16-22)29-18-31(43)40-39-29)33(44)41(34-36-20-37-42(30)34)25-13-11-24(12-14-25)32-35-19-21(2)38-32/h4-6,8-10,15-16,19-20,24-25H,3,7,11-14,17-18H2,1-2H3,(H,35,38)(H,40,43). The van der Waals surface area contributed by atoms with Crippen molar-refractivity contribution in [3.63, 3.8) is 0 Å². The van der Waals surface area contributed by atoms with Crippen molar-refractivity contribution in [3.05, 3.63) is 105 Å². The Labute approximate surface area is 255 Å². The summed E-state index contributed by atoms with van der Waals surface area (Å²) >= 11 is 0. The lowest BCUT2D eigenvalue weighted by Crippen LogP contribution is -2.34. The van der Waals surface area contributed by atoms with Crippen molar-refractivity contribution in [2.24, 2.45) is 5.10 Å². The molecule has 3 aromatic heterocycles. The van der Waals surface area contributed by atoms with Gasteiger partial charge in [-0.05, 0) is 61.8 Å². The largest absolute Gasteiger partial charge is 0.346 e. The van der Waals surface area contributed by atoms with Crippen molar-refractivity contribution in [1.29, 1.82) is 0 Å². The molecule has 44 heavy (non-hydrogen) atoms. The fourth-order valence-electron chi connectivity index (χ4n) is 6.86. The Bertz CT molecular complexity index is 1930. The van der Waals surface area contributed by atoms with Gasteiger partial charge in [-0.2, -0.15) is 15.2 Å². The number of amides is 1. The zero-order chi connectivity index (χ0) is 30.2. The number of aromatic nitrogens is 6. The number of aromatic amines is 1. The Morgan fingerprint density at radius 3 is 2.50 bits per heavy atom. The van der Waals surface area contributed by atoms with Crippen LogP contribution < -0.4 is 11.0 Å². The average molecular weight is 589 g/mol. The number of carbonyl (C=O) groups excluding carboxylic acids is 1. The van der Waals surface area contributed by atoms with Crippen molar-refractivity contribution in [2.75, 3.05) is 0 Å². The Morgan fingerprint density at radius 1 is 0.977 bits per heavy atom. The van der Waals surface area contributed by atoms with Crippen molar-refractivity contribution in [1.82, 2.24) is 34.6 Å². The van der Waals surface area contributed by atoms with Crippen molar-refractivity contribution < 1.29 is 4.79 Å². The molecule has 2 N–H and O–H groups in total. The topological polar surface area (TPSA) is 122 Å². The zero-order valence-electron chi connectivity index (χ0n) is 25.1. The van der Waals surface area contributed by atoms with Crippen LogP contribution in [0.15, 0.2) is 71.0 Å². The highest BCUT2D eigenvalue weighted by Gasteiger charge is 2.29. The Morgan fingerprint density at radius 2 is 1.80 bits per heavy atom. The number of nitrogens with one attached hydrogen (secondary N) is 2. The monoisotopic (exact) mass is 588 g/mol. The number of fused-ring (bicyclic) bond motifs is 1. The number of hydrogen-bond donors (Lipinski definition) is 2. The van der Waals surface area contributed by atoms with Crippen LogP contribution >= 0.6 is 0 Å². The van der Waals surface area contributed by atoms with Gasteiger partial charge in [0.05, 0.1) is 17.8 Å². The summed E-state index contributed by atoms with van der Waals surface area (Å²) in [5.41, 5.74) is 9.98. The molecule has 0 saturated heterocycles. The second-order valence-corrected chi connectivity index (χ2v) is 12.0. The Kier molecular flexibility index (Phi) is 7.41. The second-order valence-electron chi connectivity index (χ2n) is 12.0. The number of carbonyl (C=O) groups is 1.